The predicted molar refractivity (Wildman–Crippen MR) is 97.4 cm³/mol. The van der Waals surface area contributed by atoms with E-state index in [9.17, 15) is 14.7 Å². The van der Waals surface area contributed by atoms with Crippen LogP contribution in [0.1, 0.15) is 29.8 Å². The van der Waals surface area contributed by atoms with Crippen LogP contribution in [0.4, 0.5) is 0 Å². The molecular weight excluding hydrogens is 352 g/mol. The summed E-state index contributed by atoms with van der Waals surface area (Å²) in [6.07, 6.45) is 2.29. The van der Waals surface area contributed by atoms with Crippen molar-refractivity contribution in [3.8, 4) is 16.3 Å². The third-order valence-corrected chi connectivity index (χ3v) is 6.49. The lowest BCUT2D eigenvalue weighted by Crippen LogP contribution is -2.40. The molecule has 26 heavy (non-hydrogen) atoms. The average Bonchev–Trinajstić information content (AvgIpc) is 3.15. The third-order valence-electron chi connectivity index (χ3n) is 5.59. The van der Waals surface area contributed by atoms with E-state index >= 15 is 0 Å². The summed E-state index contributed by atoms with van der Waals surface area (Å²) in [7, 11) is 1.62. The van der Waals surface area contributed by atoms with Gasteiger partial charge in [0.25, 0.3) is 5.91 Å². The Morgan fingerprint density at radius 3 is 2.54 bits per heavy atom. The predicted octanol–water partition coefficient (Wildman–Crippen LogP) is 3.15. The molecule has 1 saturated carbocycles. The van der Waals surface area contributed by atoms with Gasteiger partial charge in [0, 0.05) is 24.0 Å². The van der Waals surface area contributed by atoms with Crippen LogP contribution in [0.25, 0.3) is 10.6 Å². The molecule has 2 fully saturated rings. The number of carboxylic acid groups (broad SMARTS) is 1. The number of piperidine rings is 1. The van der Waals surface area contributed by atoms with E-state index in [4.69, 9.17) is 4.74 Å². The van der Waals surface area contributed by atoms with Crippen LogP contribution < -0.4 is 4.74 Å². The molecule has 136 valence electrons. The van der Waals surface area contributed by atoms with E-state index < -0.39 is 5.97 Å². The number of carbonyl (C=O) groups excluding carboxylic acids is 1. The highest BCUT2D eigenvalue weighted by Crippen LogP contribution is 2.59. The molecule has 1 atom stereocenters. The number of thiazole rings is 1. The maximum absolute atomic E-state index is 12.7. The fourth-order valence-electron chi connectivity index (χ4n) is 3.80. The van der Waals surface area contributed by atoms with Crippen LogP contribution in [0.5, 0.6) is 5.75 Å². The van der Waals surface area contributed by atoms with Crippen LogP contribution in [-0.2, 0) is 4.79 Å². The number of aliphatic carboxylic acids is 1. The highest BCUT2D eigenvalue weighted by molar-refractivity contribution is 7.13. The van der Waals surface area contributed by atoms with E-state index in [1.54, 1.807) is 17.4 Å². The minimum atomic E-state index is -0.701. The number of hydrogen-bond acceptors (Lipinski definition) is 5. The molecule has 6 nitrogen and oxygen atoms in total. The number of methoxy groups -OCH3 is 1. The minimum absolute atomic E-state index is 0.0663. The summed E-state index contributed by atoms with van der Waals surface area (Å²) in [6.45, 7) is 1.22. The molecule has 1 amide bonds. The van der Waals surface area contributed by atoms with Crippen molar-refractivity contribution in [1.82, 2.24) is 9.88 Å². The van der Waals surface area contributed by atoms with Gasteiger partial charge in [-0.15, -0.1) is 11.3 Å². The lowest BCUT2D eigenvalue weighted by atomic mass is 9.90. The summed E-state index contributed by atoms with van der Waals surface area (Å²) in [5.74, 6) is -0.207. The van der Waals surface area contributed by atoms with E-state index in [1.165, 1.54) is 11.3 Å². The molecule has 1 aromatic heterocycles. The van der Waals surface area contributed by atoms with Crippen LogP contribution in [0, 0.1) is 11.3 Å². The molecule has 7 heteroatoms. The number of rotatable bonds is 4. The Morgan fingerprint density at radius 2 is 1.96 bits per heavy atom. The van der Waals surface area contributed by atoms with Crippen molar-refractivity contribution in [3.05, 3.63) is 35.3 Å². The quantitative estimate of drug-likeness (QED) is 0.892. The Balaban J connectivity index is 1.41. The fourth-order valence-corrected chi connectivity index (χ4v) is 4.60. The molecule has 1 aliphatic heterocycles. The van der Waals surface area contributed by atoms with Gasteiger partial charge in [-0.1, -0.05) is 0 Å². The summed E-state index contributed by atoms with van der Waals surface area (Å²) < 4.78 is 5.16. The van der Waals surface area contributed by atoms with Gasteiger partial charge in [-0.05, 0) is 48.9 Å². The first-order valence-corrected chi connectivity index (χ1v) is 9.52. The summed E-state index contributed by atoms with van der Waals surface area (Å²) in [6, 6.07) is 7.60. The largest absolute Gasteiger partial charge is 0.497 e. The second-order valence-corrected chi connectivity index (χ2v) is 7.87. The van der Waals surface area contributed by atoms with Crippen molar-refractivity contribution >= 4 is 23.2 Å². The number of carboxylic acids is 1. The summed E-state index contributed by atoms with van der Waals surface area (Å²) >= 11 is 1.45. The highest BCUT2D eigenvalue weighted by Gasteiger charge is 2.59. The van der Waals surface area contributed by atoms with Gasteiger partial charge in [0.15, 0.2) is 0 Å². The van der Waals surface area contributed by atoms with E-state index in [0.29, 0.717) is 18.8 Å². The van der Waals surface area contributed by atoms with Crippen LogP contribution in [0.2, 0.25) is 0 Å². The average molecular weight is 372 g/mol. The topological polar surface area (TPSA) is 79.7 Å². The SMILES string of the molecule is COc1ccc(-c2nc(C(=O)N3CCC4(CC3)CC4C(=O)O)cs2)cc1. The van der Waals surface area contributed by atoms with Gasteiger partial charge >= 0.3 is 5.97 Å². The molecule has 1 saturated heterocycles. The molecule has 0 bridgehead atoms. The summed E-state index contributed by atoms with van der Waals surface area (Å²) in [4.78, 5) is 30.2. The van der Waals surface area contributed by atoms with E-state index in [-0.39, 0.29) is 17.2 Å². The number of benzene rings is 1. The van der Waals surface area contributed by atoms with Crippen molar-refractivity contribution in [3.63, 3.8) is 0 Å². The molecule has 1 unspecified atom stereocenters. The van der Waals surface area contributed by atoms with Gasteiger partial charge in [-0.3, -0.25) is 9.59 Å². The molecule has 0 radical (unpaired) electrons. The first-order chi connectivity index (χ1) is 12.5. The summed E-state index contributed by atoms with van der Waals surface area (Å²) in [5, 5.41) is 11.8. The van der Waals surface area contributed by atoms with Crippen LogP contribution >= 0.6 is 11.3 Å². The number of nitrogens with zero attached hydrogens (tertiary/aromatic N) is 2. The Kier molecular flexibility index (Phi) is 4.19. The first-order valence-electron chi connectivity index (χ1n) is 8.64. The van der Waals surface area contributed by atoms with Gasteiger partial charge in [0.1, 0.15) is 16.5 Å². The number of aromatic nitrogens is 1. The molecule has 2 aliphatic rings. The second kappa shape index (κ2) is 6.39. The van der Waals surface area contributed by atoms with Gasteiger partial charge < -0.3 is 14.7 Å². The molecule has 4 rings (SSSR count). The first kappa shape index (κ1) is 17.0. The highest BCUT2D eigenvalue weighted by atomic mass is 32.1. The number of ether oxygens (including phenoxy) is 1. The zero-order valence-electron chi connectivity index (χ0n) is 14.5. The molecule has 1 aliphatic carbocycles. The van der Waals surface area contributed by atoms with Gasteiger partial charge in [-0.2, -0.15) is 0 Å². The van der Waals surface area contributed by atoms with Crippen LogP contribution in [0.15, 0.2) is 29.6 Å². The van der Waals surface area contributed by atoms with Crippen molar-refractivity contribution < 1.29 is 19.4 Å². The maximum atomic E-state index is 12.7. The molecule has 1 aromatic carbocycles. The minimum Gasteiger partial charge on any atom is -0.497 e. The van der Waals surface area contributed by atoms with E-state index in [1.807, 2.05) is 24.3 Å². The van der Waals surface area contributed by atoms with Gasteiger partial charge in [0.2, 0.25) is 0 Å². The van der Waals surface area contributed by atoms with Crippen molar-refractivity contribution in [1.29, 1.82) is 0 Å². The molecule has 1 N–H and O–H groups in total. The monoisotopic (exact) mass is 372 g/mol. The number of likely N-dealkylation sites (tertiary alicyclic amines) is 1. The van der Waals surface area contributed by atoms with Gasteiger partial charge in [-0.25, -0.2) is 4.98 Å². The second-order valence-electron chi connectivity index (χ2n) is 7.02. The zero-order chi connectivity index (χ0) is 18.3. The maximum Gasteiger partial charge on any atom is 0.307 e. The number of amides is 1. The lowest BCUT2D eigenvalue weighted by molar-refractivity contribution is -0.139. The van der Waals surface area contributed by atoms with Crippen LogP contribution in [-0.4, -0.2) is 47.1 Å². The Bertz CT molecular complexity index is 837. The zero-order valence-corrected chi connectivity index (χ0v) is 15.3. The van der Waals surface area contributed by atoms with Crippen molar-refractivity contribution in [2.75, 3.05) is 20.2 Å². The van der Waals surface area contributed by atoms with E-state index in [0.717, 1.165) is 35.6 Å². The van der Waals surface area contributed by atoms with Crippen molar-refractivity contribution in [2.24, 2.45) is 11.3 Å². The standard InChI is InChI=1S/C19H20N2O4S/c1-25-13-4-2-12(3-5-13)16-20-15(11-26-16)17(22)21-8-6-19(7-9-21)10-14(19)18(23)24/h2-5,11,14H,6-10H2,1H3,(H,23,24). The smallest absolute Gasteiger partial charge is 0.307 e. The Morgan fingerprint density at radius 1 is 1.27 bits per heavy atom. The molecule has 2 heterocycles. The van der Waals surface area contributed by atoms with Gasteiger partial charge in [0.05, 0.1) is 13.0 Å². The Hall–Kier alpha value is -2.41. The lowest BCUT2D eigenvalue weighted by Gasteiger charge is -2.32. The number of carbonyl (C=O) groups is 2. The van der Waals surface area contributed by atoms with Crippen LogP contribution in [0.3, 0.4) is 0 Å². The Labute approximate surface area is 155 Å². The third kappa shape index (κ3) is 2.96. The van der Waals surface area contributed by atoms with E-state index in [2.05, 4.69) is 4.98 Å². The van der Waals surface area contributed by atoms with Crippen molar-refractivity contribution in [2.45, 2.75) is 19.3 Å². The molecule has 2 aromatic rings. The molecular formula is C19H20N2O4S. The number of hydrogen-bond donors (Lipinski definition) is 1. The summed E-state index contributed by atoms with van der Waals surface area (Å²) in [5.41, 5.74) is 1.34. The normalized spacial score (nSPS) is 20.8. The molecule has 1 spiro atoms. The fraction of sp³-hybridized carbons (Fsp3) is 0.421.